The summed E-state index contributed by atoms with van der Waals surface area (Å²) in [5.41, 5.74) is 0.367. The van der Waals surface area contributed by atoms with Crippen LogP contribution in [0.4, 0.5) is 5.69 Å². The van der Waals surface area contributed by atoms with E-state index < -0.39 is 0 Å². The van der Waals surface area contributed by atoms with E-state index in [1.807, 2.05) is 0 Å². The van der Waals surface area contributed by atoms with Crippen LogP contribution in [-0.2, 0) is 7.05 Å². The Hall–Kier alpha value is -2.37. The van der Waals surface area contributed by atoms with Gasteiger partial charge in [-0.3, -0.25) is 14.3 Å². The Morgan fingerprint density at radius 1 is 1.50 bits per heavy atom. The summed E-state index contributed by atoms with van der Waals surface area (Å²) in [5.74, 6) is -0.364. The van der Waals surface area contributed by atoms with Gasteiger partial charge < -0.3 is 10.3 Å². The molecule has 0 aromatic carbocycles. The fourth-order valence-corrected chi connectivity index (χ4v) is 1.30. The van der Waals surface area contributed by atoms with Gasteiger partial charge in [0.25, 0.3) is 5.91 Å². The van der Waals surface area contributed by atoms with Crippen LogP contribution in [0.3, 0.4) is 0 Å². The number of hydrogen-bond acceptors (Lipinski definition) is 3. The average Bonchev–Trinajstić information content (AvgIpc) is 2.68. The van der Waals surface area contributed by atoms with Crippen molar-refractivity contribution in [3.05, 3.63) is 46.6 Å². The Morgan fingerprint density at radius 3 is 2.94 bits per heavy atom. The highest BCUT2D eigenvalue weighted by atomic mass is 16.2. The number of pyridine rings is 1. The molecule has 82 valence electrons. The van der Waals surface area contributed by atoms with Crippen LogP contribution in [0.25, 0.3) is 0 Å². The molecule has 2 aromatic heterocycles. The van der Waals surface area contributed by atoms with Gasteiger partial charge in [-0.1, -0.05) is 0 Å². The number of H-pyrrole nitrogens is 1. The maximum Gasteiger partial charge on any atom is 0.274 e. The lowest BCUT2D eigenvalue weighted by Gasteiger charge is -2.03. The second kappa shape index (κ2) is 4.01. The monoisotopic (exact) mass is 218 g/mol. The van der Waals surface area contributed by atoms with E-state index in [1.165, 1.54) is 29.3 Å². The van der Waals surface area contributed by atoms with Crippen molar-refractivity contribution in [3.8, 4) is 0 Å². The van der Waals surface area contributed by atoms with E-state index in [1.54, 1.807) is 13.1 Å². The minimum atomic E-state index is -0.364. The first-order chi connectivity index (χ1) is 7.68. The van der Waals surface area contributed by atoms with Gasteiger partial charge >= 0.3 is 0 Å². The lowest BCUT2D eigenvalue weighted by molar-refractivity contribution is 0.101. The Morgan fingerprint density at radius 2 is 2.31 bits per heavy atom. The lowest BCUT2D eigenvalue weighted by Crippen LogP contribution is -2.20. The second-order valence-electron chi connectivity index (χ2n) is 3.22. The van der Waals surface area contributed by atoms with Gasteiger partial charge in [-0.05, 0) is 6.07 Å². The van der Waals surface area contributed by atoms with Crippen LogP contribution < -0.4 is 10.7 Å². The summed E-state index contributed by atoms with van der Waals surface area (Å²) >= 11 is 0. The summed E-state index contributed by atoms with van der Waals surface area (Å²) in [6.07, 6.45) is 4.46. The molecule has 0 bridgehead atoms. The number of rotatable bonds is 2. The zero-order chi connectivity index (χ0) is 11.5. The normalized spacial score (nSPS) is 10.1. The summed E-state index contributed by atoms with van der Waals surface area (Å²) < 4.78 is 1.44. The fraction of sp³-hybridized carbons (Fsp3) is 0.100. The quantitative estimate of drug-likeness (QED) is 0.763. The molecule has 0 radical (unpaired) electrons. The first-order valence-electron chi connectivity index (χ1n) is 4.65. The summed E-state index contributed by atoms with van der Waals surface area (Å²) in [6, 6.07) is 2.92. The summed E-state index contributed by atoms with van der Waals surface area (Å²) in [5, 5.41) is 6.38. The number of aromatic nitrogens is 3. The molecule has 6 heteroatoms. The van der Waals surface area contributed by atoms with Crippen LogP contribution in [-0.4, -0.2) is 20.7 Å². The first-order valence-corrected chi connectivity index (χ1v) is 4.65. The van der Waals surface area contributed by atoms with E-state index in [0.717, 1.165) is 0 Å². The van der Waals surface area contributed by atoms with E-state index in [9.17, 15) is 9.59 Å². The number of aryl methyl sites for hydroxylation is 1. The number of carbonyl (C=O) groups is 1. The van der Waals surface area contributed by atoms with Crippen molar-refractivity contribution in [3.63, 3.8) is 0 Å². The smallest absolute Gasteiger partial charge is 0.274 e. The molecule has 16 heavy (non-hydrogen) atoms. The van der Waals surface area contributed by atoms with Gasteiger partial charge in [0.2, 0.25) is 5.43 Å². The maximum absolute atomic E-state index is 11.7. The third kappa shape index (κ3) is 1.85. The molecule has 0 spiro atoms. The van der Waals surface area contributed by atoms with E-state index >= 15 is 0 Å². The molecule has 6 nitrogen and oxygen atoms in total. The molecule has 2 aromatic rings. The predicted molar refractivity (Wildman–Crippen MR) is 58.2 cm³/mol. The van der Waals surface area contributed by atoms with Crippen LogP contribution in [0.2, 0.25) is 0 Å². The Labute approximate surface area is 90.9 Å². The van der Waals surface area contributed by atoms with Crippen molar-refractivity contribution in [2.24, 2.45) is 7.05 Å². The number of anilines is 1. The molecular weight excluding hydrogens is 208 g/mol. The first kappa shape index (κ1) is 10.2. The molecule has 0 unspecified atom stereocenters. The summed E-state index contributed by atoms with van der Waals surface area (Å²) in [4.78, 5) is 25.8. The molecule has 0 aliphatic heterocycles. The van der Waals surface area contributed by atoms with Crippen molar-refractivity contribution in [2.45, 2.75) is 0 Å². The Bertz CT molecular complexity index is 570. The molecule has 1 amide bonds. The van der Waals surface area contributed by atoms with E-state index in [4.69, 9.17) is 0 Å². The van der Waals surface area contributed by atoms with Gasteiger partial charge in [-0.15, -0.1) is 0 Å². The standard InChI is InChI=1S/C10H10N4O2/c1-14-8(2-5-12-14)10(16)13-7-6-11-4-3-9(7)15/h2-6H,1H3,(H,11,15)(H,13,16). The van der Waals surface area contributed by atoms with Crippen molar-refractivity contribution in [1.29, 1.82) is 0 Å². The van der Waals surface area contributed by atoms with E-state index in [-0.39, 0.29) is 17.0 Å². The number of amides is 1. The number of hydrogen-bond donors (Lipinski definition) is 2. The summed E-state index contributed by atoms with van der Waals surface area (Å²) in [6.45, 7) is 0. The fourth-order valence-electron chi connectivity index (χ4n) is 1.30. The zero-order valence-corrected chi connectivity index (χ0v) is 8.60. The van der Waals surface area contributed by atoms with Crippen LogP contribution in [0.5, 0.6) is 0 Å². The number of aromatic amines is 1. The number of nitrogens with zero attached hydrogens (tertiary/aromatic N) is 2. The highest BCUT2D eigenvalue weighted by Crippen LogP contribution is 2.01. The third-order valence-corrected chi connectivity index (χ3v) is 2.13. The summed E-state index contributed by atoms with van der Waals surface area (Å²) in [7, 11) is 1.66. The topological polar surface area (TPSA) is 79.8 Å². The molecule has 0 saturated heterocycles. The van der Waals surface area contributed by atoms with Gasteiger partial charge in [0.05, 0.1) is 0 Å². The average molecular weight is 218 g/mol. The van der Waals surface area contributed by atoms with Crippen LogP contribution >= 0.6 is 0 Å². The SMILES string of the molecule is Cn1nccc1C(=O)Nc1c[nH]ccc1=O. The van der Waals surface area contributed by atoms with Gasteiger partial charge in [0.15, 0.2) is 0 Å². The largest absolute Gasteiger partial charge is 0.366 e. The molecule has 0 fully saturated rings. The van der Waals surface area contributed by atoms with Crippen molar-refractivity contribution in [1.82, 2.24) is 14.8 Å². The number of carbonyl (C=O) groups excluding carboxylic acids is 1. The predicted octanol–water partition coefficient (Wildman–Crippen LogP) is 0.361. The Kier molecular flexibility index (Phi) is 2.55. The van der Waals surface area contributed by atoms with E-state index in [0.29, 0.717) is 5.69 Å². The molecule has 0 atom stereocenters. The van der Waals surface area contributed by atoms with Gasteiger partial charge in [-0.2, -0.15) is 5.10 Å². The zero-order valence-electron chi connectivity index (χ0n) is 8.60. The second-order valence-corrected chi connectivity index (χ2v) is 3.22. The molecule has 0 aliphatic carbocycles. The van der Waals surface area contributed by atoms with Crippen molar-refractivity contribution < 1.29 is 4.79 Å². The van der Waals surface area contributed by atoms with Crippen LogP contribution in [0.15, 0.2) is 35.5 Å². The molecule has 0 aliphatic rings. The highest BCUT2D eigenvalue weighted by molar-refractivity contribution is 6.02. The third-order valence-electron chi connectivity index (χ3n) is 2.13. The van der Waals surface area contributed by atoms with Crippen molar-refractivity contribution in [2.75, 3.05) is 5.32 Å². The molecular formula is C10H10N4O2. The van der Waals surface area contributed by atoms with Gasteiger partial charge in [0, 0.05) is 31.7 Å². The minimum absolute atomic E-state index is 0.216. The minimum Gasteiger partial charge on any atom is -0.366 e. The molecule has 2 heterocycles. The van der Waals surface area contributed by atoms with Crippen LogP contribution in [0, 0.1) is 0 Å². The van der Waals surface area contributed by atoms with Crippen LogP contribution in [0.1, 0.15) is 10.5 Å². The Balaban J connectivity index is 2.24. The van der Waals surface area contributed by atoms with E-state index in [2.05, 4.69) is 15.4 Å². The number of nitrogens with one attached hydrogen (secondary N) is 2. The molecule has 2 rings (SSSR count). The molecule has 2 N–H and O–H groups in total. The molecule has 0 saturated carbocycles. The highest BCUT2D eigenvalue weighted by Gasteiger charge is 2.10. The maximum atomic E-state index is 11.7. The van der Waals surface area contributed by atoms with Gasteiger partial charge in [-0.25, -0.2) is 0 Å². The van der Waals surface area contributed by atoms with Gasteiger partial charge in [0.1, 0.15) is 11.4 Å². The van der Waals surface area contributed by atoms with Crippen molar-refractivity contribution >= 4 is 11.6 Å². The lowest BCUT2D eigenvalue weighted by atomic mass is 10.3.